The summed E-state index contributed by atoms with van der Waals surface area (Å²) >= 11 is 0. The monoisotopic (exact) mass is 321 g/mol. The Bertz CT molecular complexity index is 656. The zero-order valence-corrected chi connectivity index (χ0v) is 13.9. The first-order valence-electron chi connectivity index (χ1n) is 7.67. The average Bonchev–Trinajstić information content (AvgIpc) is 2.78. The van der Waals surface area contributed by atoms with Crippen LogP contribution in [0.25, 0.3) is 0 Å². The lowest BCUT2D eigenvalue weighted by Gasteiger charge is -2.09. The van der Waals surface area contributed by atoms with E-state index in [0.29, 0.717) is 25.2 Å². The van der Waals surface area contributed by atoms with E-state index in [0.717, 1.165) is 22.5 Å². The molecule has 1 aromatic heterocycles. The van der Waals surface area contributed by atoms with Crippen molar-refractivity contribution in [2.75, 3.05) is 13.7 Å². The highest BCUT2D eigenvalue weighted by atomic mass is 19.1. The second kappa shape index (κ2) is 8.19. The van der Waals surface area contributed by atoms with Crippen molar-refractivity contribution in [2.45, 2.75) is 40.1 Å². The van der Waals surface area contributed by atoms with Crippen LogP contribution in [0.4, 0.5) is 4.39 Å². The highest BCUT2D eigenvalue weighted by Crippen LogP contribution is 2.14. The molecule has 2 aromatic rings. The molecule has 0 saturated heterocycles. The summed E-state index contributed by atoms with van der Waals surface area (Å²) in [7, 11) is 1.56. The molecule has 0 amide bonds. The molecule has 1 aromatic carbocycles. The van der Waals surface area contributed by atoms with Crippen LogP contribution >= 0.6 is 0 Å². The van der Waals surface area contributed by atoms with Crippen molar-refractivity contribution in [2.24, 2.45) is 0 Å². The summed E-state index contributed by atoms with van der Waals surface area (Å²) in [6.07, 6.45) is 0. The number of hydrogen-bond donors (Lipinski definition) is 2. The molecule has 126 valence electrons. The summed E-state index contributed by atoms with van der Waals surface area (Å²) in [4.78, 5) is 0. The van der Waals surface area contributed by atoms with Crippen LogP contribution in [0.15, 0.2) is 18.2 Å². The van der Waals surface area contributed by atoms with Crippen LogP contribution in [0.5, 0.6) is 0 Å². The Hall–Kier alpha value is -1.76. The van der Waals surface area contributed by atoms with E-state index < -0.39 is 0 Å². The summed E-state index contributed by atoms with van der Waals surface area (Å²) in [6, 6.07) is 5.07. The van der Waals surface area contributed by atoms with Gasteiger partial charge in [-0.05, 0) is 31.5 Å². The number of methoxy groups -OCH3 is 1. The maximum atomic E-state index is 13.6. The number of benzene rings is 1. The van der Waals surface area contributed by atoms with Gasteiger partial charge in [0.25, 0.3) is 0 Å². The fourth-order valence-electron chi connectivity index (χ4n) is 2.64. The van der Waals surface area contributed by atoms with Gasteiger partial charge in [-0.25, -0.2) is 4.39 Å². The zero-order valence-electron chi connectivity index (χ0n) is 13.9. The topological polar surface area (TPSA) is 59.3 Å². The van der Waals surface area contributed by atoms with Crippen LogP contribution in [0.3, 0.4) is 0 Å². The zero-order chi connectivity index (χ0) is 16.8. The molecule has 6 heteroatoms. The normalized spacial score (nSPS) is 11.2. The molecule has 5 nitrogen and oxygen atoms in total. The quantitative estimate of drug-likeness (QED) is 0.781. The van der Waals surface area contributed by atoms with E-state index >= 15 is 0 Å². The molecule has 0 aliphatic heterocycles. The molecule has 2 N–H and O–H groups in total. The van der Waals surface area contributed by atoms with Gasteiger partial charge in [0.15, 0.2) is 0 Å². The smallest absolute Gasteiger partial charge is 0.128 e. The van der Waals surface area contributed by atoms with Crippen molar-refractivity contribution in [1.82, 2.24) is 15.1 Å². The Morgan fingerprint density at radius 2 is 2.09 bits per heavy atom. The fourth-order valence-corrected chi connectivity index (χ4v) is 2.64. The first kappa shape index (κ1) is 17.6. The minimum absolute atomic E-state index is 0.0761. The molecule has 1 heterocycles. The number of rotatable bonds is 8. The third kappa shape index (κ3) is 4.37. The third-order valence-electron chi connectivity index (χ3n) is 3.88. The van der Waals surface area contributed by atoms with E-state index in [-0.39, 0.29) is 19.0 Å². The molecule has 2 rings (SSSR count). The van der Waals surface area contributed by atoms with E-state index in [2.05, 4.69) is 10.4 Å². The summed E-state index contributed by atoms with van der Waals surface area (Å²) in [5.74, 6) is -0.243. The van der Waals surface area contributed by atoms with Gasteiger partial charge < -0.3 is 15.2 Å². The maximum absolute atomic E-state index is 13.6. The van der Waals surface area contributed by atoms with Gasteiger partial charge in [0.05, 0.1) is 25.5 Å². The molecule has 23 heavy (non-hydrogen) atoms. The van der Waals surface area contributed by atoms with Crippen LogP contribution in [0.1, 0.15) is 28.1 Å². The van der Waals surface area contributed by atoms with Crippen LogP contribution in [-0.4, -0.2) is 28.6 Å². The fraction of sp³-hybridized carbons (Fsp3) is 0.471. The standard InChI is InChI=1S/C17H24FN3O2/c1-12-16(13(2)21(20-12)6-7-22)10-19-9-14-4-5-17(18)15(8-14)11-23-3/h4-5,8,19,22H,6-7,9-11H2,1-3H3. The molecule has 0 spiro atoms. The van der Waals surface area contributed by atoms with E-state index in [1.807, 2.05) is 24.6 Å². The summed E-state index contributed by atoms with van der Waals surface area (Å²) in [5.41, 5.74) is 4.73. The average molecular weight is 321 g/mol. The molecule has 0 atom stereocenters. The number of ether oxygens (including phenoxy) is 1. The Labute approximate surface area is 136 Å². The van der Waals surface area contributed by atoms with Gasteiger partial charge in [0, 0.05) is 37.0 Å². The van der Waals surface area contributed by atoms with Gasteiger partial charge >= 0.3 is 0 Å². The number of aliphatic hydroxyl groups excluding tert-OH is 1. The SMILES string of the molecule is COCc1cc(CNCc2c(C)nn(CCO)c2C)ccc1F. The van der Waals surface area contributed by atoms with Gasteiger partial charge in [-0.15, -0.1) is 0 Å². The first-order valence-corrected chi connectivity index (χ1v) is 7.67. The second-order valence-electron chi connectivity index (χ2n) is 5.56. The van der Waals surface area contributed by atoms with Crippen molar-refractivity contribution in [1.29, 1.82) is 0 Å². The molecule has 0 aliphatic rings. The van der Waals surface area contributed by atoms with Gasteiger partial charge in [0.2, 0.25) is 0 Å². The van der Waals surface area contributed by atoms with Gasteiger partial charge in [-0.1, -0.05) is 6.07 Å². The van der Waals surface area contributed by atoms with Gasteiger partial charge in [-0.3, -0.25) is 4.68 Å². The van der Waals surface area contributed by atoms with Crippen LogP contribution in [-0.2, 0) is 31.0 Å². The Morgan fingerprint density at radius 1 is 1.30 bits per heavy atom. The number of nitrogens with one attached hydrogen (secondary N) is 1. The minimum Gasteiger partial charge on any atom is -0.394 e. The first-order chi connectivity index (χ1) is 11.1. The molecule has 0 unspecified atom stereocenters. The predicted octanol–water partition coefficient (Wildman–Crippen LogP) is 2.07. The molecular weight excluding hydrogens is 297 g/mol. The lowest BCUT2D eigenvalue weighted by atomic mass is 10.1. The molecule has 0 saturated carbocycles. The minimum atomic E-state index is -0.243. The number of hydrogen-bond acceptors (Lipinski definition) is 4. The number of aliphatic hydroxyl groups is 1. The predicted molar refractivity (Wildman–Crippen MR) is 86.4 cm³/mol. The van der Waals surface area contributed by atoms with Crippen LogP contribution < -0.4 is 5.32 Å². The summed E-state index contributed by atoms with van der Waals surface area (Å²) < 4.78 is 20.4. The molecule has 0 fully saturated rings. The molecule has 0 aliphatic carbocycles. The van der Waals surface area contributed by atoms with Crippen molar-refractivity contribution in [3.63, 3.8) is 0 Å². The van der Waals surface area contributed by atoms with Crippen molar-refractivity contribution < 1.29 is 14.2 Å². The van der Waals surface area contributed by atoms with Crippen molar-refractivity contribution >= 4 is 0 Å². The summed E-state index contributed by atoms with van der Waals surface area (Å²) in [5, 5.41) is 16.8. The molecule has 0 radical (unpaired) electrons. The Kier molecular flexibility index (Phi) is 6.27. The van der Waals surface area contributed by atoms with Crippen LogP contribution in [0.2, 0.25) is 0 Å². The highest BCUT2D eigenvalue weighted by Gasteiger charge is 2.11. The number of aryl methyl sites for hydroxylation is 1. The van der Waals surface area contributed by atoms with Crippen LogP contribution in [0, 0.1) is 19.7 Å². The van der Waals surface area contributed by atoms with Crippen molar-refractivity contribution in [3.05, 3.63) is 52.1 Å². The number of halogens is 1. The maximum Gasteiger partial charge on any atom is 0.128 e. The highest BCUT2D eigenvalue weighted by molar-refractivity contribution is 5.26. The lowest BCUT2D eigenvalue weighted by Crippen LogP contribution is -2.14. The number of nitrogens with zero attached hydrogens (tertiary/aromatic N) is 2. The Morgan fingerprint density at radius 3 is 2.78 bits per heavy atom. The van der Waals surface area contributed by atoms with Gasteiger partial charge in [0.1, 0.15) is 5.82 Å². The van der Waals surface area contributed by atoms with E-state index in [9.17, 15) is 4.39 Å². The van der Waals surface area contributed by atoms with Gasteiger partial charge in [-0.2, -0.15) is 5.10 Å². The largest absolute Gasteiger partial charge is 0.394 e. The number of aromatic nitrogens is 2. The Balaban J connectivity index is 1.99. The van der Waals surface area contributed by atoms with Crippen molar-refractivity contribution in [3.8, 4) is 0 Å². The second-order valence-corrected chi connectivity index (χ2v) is 5.56. The van der Waals surface area contributed by atoms with E-state index in [4.69, 9.17) is 9.84 Å². The lowest BCUT2D eigenvalue weighted by molar-refractivity contribution is 0.181. The summed E-state index contributed by atoms with van der Waals surface area (Å²) in [6.45, 7) is 6.14. The molecule has 0 bridgehead atoms. The van der Waals surface area contributed by atoms with E-state index in [1.165, 1.54) is 6.07 Å². The van der Waals surface area contributed by atoms with E-state index in [1.54, 1.807) is 13.2 Å². The molecular formula is C17H24FN3O2. The third-order valence-corrected chi connectivity index (χ3v) is 3.88.